The van der Waals surface area contributed by atoms with Crippen molar-refractivity contribution in [1.29, 1.82) is 0 Å². The summed E-state index contributed by atoms with van der Waals surface area (Å²) in [6, 6.07) is 3.59. The van der Waals surface area contributed by atoms with Crippen LogP contribution in [0.5, 0.6) is 5.75 Å². The molecule has 4 heteroatoms. The molecule has 0 aromatic carbocycles. The number of methoxy groups -OCH3 is 1. The Morgan fingerprint density at radius 1 is 1.50 bits per heavy atom. The van der Waals surface area contributed by atoms with Crippen molar-refractivity contribution in [2.24, 2.45) is 0 Å². The topological polar surface area (TPSA) is 52.5 Å². The summed E-state index contributed by atoms with van der Waals surface area (Å²) in [5.74, 6) is 1.35. The van der Waals surface area contributed by atoms with Gasteiger partial charge in [0, 0.05) is 24.5 Å². The van der Waals surface area contributed by atoms with Crippen LogP contribution in [-0.4, -0.2) is 16.5 Å². The Bertz CT molecular complexity index is 408. The molecule has 0 aliphatic carbocycles. The predicted molar refractivity (Wildman–Crippen MR) is 46.2 cm³/mol. The number of ether oxygens (including phenoxy) is 1. The molecule has 0 radical (unpaired) electrons. The van der Waals surface area contributed by atoms with Gasteiger partial charge in [0.15, 0.2) is 0 Å². The smallest absolute Gasteiger partial charge is 0.141 e. The quantitative estimate of drug-likeness (QED) is 0.680. The summed E-state index contributed by atoms with van der Waals surface area (Å²) < 4.78 is 6.83. The number of pyridine rings is 1. The number of nitrogen functional groups attached to an aromatic ring is 1. The van der Waals surface area contributed by atoms with E-state index >= 15 is 0 Å². The lowest BCUT2D eigenvalue weighted by Crippen LogP contribution is -1.96. The largest absolute Gasteiger partial charge is 0.496 e. The van der Waals surface area contributed by atoms with Crippen molar-refractivity contribution in [3.8, 4) is 5.75 Å². The van der Waals surface area contributed by atoms with Gasteiger partial charge in [0.2, 0.25) is 0 Å². The van der Waals surface area contributed by atoms with Crippen molar-refractivity contribution < 1.29 is 4.74 Å². The highest BCUT2D eigenvalue weighted by molar-refractivity contribution is 5.53. The maximum atomic E-state index is 5.72. The first kappa shape index (κ1) is 6.97. The van der Waals surface area contributed by atoms with Gasteiger partial charge in [-0.05, 0) is 0 Å². The predicted octanol–water partition coefficient (Wildman–Crippen LogP) is 0.925. The number of anilines is 1. The molecule has 0 amide bonds. The van der Waals surface area contributed by atoms with Crippen molar-refractivity contribution >= 4 is 11.5 Å². The van der Waals surface area contributed by atoms with Gasteiger partial charge in [-0.1, -0.05) is 0 Å². The second-order valence-corrected chi connectivity index (χ2v) is 2.48. The van der Waals surface area contributed by atoms with Crippen LogP contribution in [0.4, 0.5) is 5.82 Å². The summed E-state index contributed by atoms with van der Waals surface area (Å²) in [4.78, 5) is 4.09. The SMILES string of the molecule is COc1cc(N)n2ccnc2c1. The Labute approximate surface area is 69.6 Å². The Kier molecular flexibility index (Phi) is 1.40. The van der Waals surface area contributed by atoms with E-state index in [0.717, 1.165) is 11.4 Å². The van der Waals surface area contributed by atoms with Crippen molar-refractivity contribution in [1.82, 2.24) is 9.38 Å². The fourth-order valence-electron chi connectivity index (χ4n) is 1.14. The molecule has 0 saturated heterocycles. The molecule has 2 aromatic rings. The standard InChI is InChI=1S/C8H9N3O/c1-12-6-4-7(9)11-3-2-10-8(11)5-6/h2-5H,9H2,1H3. The normalized spacial score (nSPS) is 10.4. The third kappa shape index (κ3) is 0.887. The van der Waals surface area contributed by atoms with Crippen molar-refractivity contribution in [2.45, 2.75) is 0 Å². The first-order valence-electron chi connectivity index (χ1n) is 3.58. The lowest BCUT2D eigenvalue weighted by molar-refractivity contribution is 0.415. The molecule has 0 aliphatic rings. The number of hydrogen-bond acceptors (Lipinski definition) is 3. The fraction of sp³-hybridized carbons (Fsp3) is 0.125. The molecule has 2 N–H and O–H groups in total. The summed E-state index contributed by atoms with van der Waals surface area (Å²) in [5, 5.41) is 0. The van der Waals surface area contributed by atoms with Gasteiger partial charge in [-0.3, -0.25) is 4.40 Å². The molecule has 12 heavy (non-hydrogen) atoms. The average molecular weight is 163 g/mol. The van der Waals surface area contributed by atoms with Crippen LogP contribution in [0.2, 0.25) is 0 Å². The van der Waals surface area contributed by atoms with Gasteiger partial charge < -0.3 is 10.5 Å². The molecule has 0 spiro atoms. The molecule has 0 saturated carbocycles. The molecule has 0 atom stereocenters. The highest BCUT2D eigenvalue weighted by Crippen LogP contribution is 2.17. The molecule has 2 aromatic heterocycles. The van der Waals surface area contributed by atoms with E-state index in [9.17, 15) is 0 Å². The fourth-order valence-corrected chi connectivity index (χ4v) is 1.14. The zero-order chi connectivity index (χ0) is 8.55. The van der Waals surface area contributed by atoms with E-state index in [1.165, 1.54) is 0 Å². The Hall–Kier alpha value is -1.71. The van der Waals surface area contributed by atoms with Gasteiger partial charge in [-0.25, -0.2) is 4.98 Å². The van der Waals surface area contributed by atoms with E-state index in [0.29, 0.717) is 5.82 Å². The number of imidazole rings is 1. The minimum Gasteiger partial charge on any atom is -0.496 e. The van der Waals surface area contributed by atoms with Crippen molar-refractivity contribution in [3.05, 3.63) is 24.5 Å². The zero-order valence-electron chi connectivity index (χ0n) is 6.69. The molecular weight excluding hydrogens is 154 g/mol. The monoisotopic (exact) mass is 163 g/mol. The molecule has 0 bridgehead atoms. The molecule has 4 nitrogen and oxygen atoms in total. The summed E-state index contributed by atoms with van der Waals surface area (Å²) in [6.45, 7) is 0. The summed E-state index contributed by atoms with van der Waals surface area (Å²) in [5.41, 5.74) is 6.52. The molecule has 0 fully saturated rings. The number of nitrogens with zero attached hydrogens (tertiary/aromatic N) is 2. The minimum atomic E-state index is 0.627. The van der Waals surface area contributed by atoms with Gasteiger partial charge in [-0.2, -0.15) is 0 Å². The van der Waals surface area contributed by atoms with Crippen LogP contribution in [0, 0.1) is 0 Å². The molecule has 0 aliphatic heterocycles. The Balaban J connectivity index is 2.75. The Morgan fingerprint density at radius 2 is 2.33 bits per heavy atom. The highest BCUT2D eigenvalue weighted by Gasteiger charge is 2.00. The second kappa shape index (κ2) is 2.41. The average Bonchev–Trinajstić information content (AvgIpc) is 2.52. The molecule has 62 valence electrons. The Morgan fingerprint density at radius 3 is 3.08 bits per heavy atom. The van der Waals surface area contributed by atoms with E-state index in [1.807, 2.05) is 12.3 Å². The lowest BCUT2D eigenvalue weighted by Gasteiger charge is -2.03. The summed E-state index contributed by atoms with van der Waals surface area (Å²) in [6.07, 6.45) is 3.51. The number of fused-ring (bicyclic) bond motifs is 1. The van der Waals surface area contributed by atoms with Crippen LogP contribution >= 0.6 is 0 Å². The van der Waals surface area contributed by atoms with E-state index in [4.69, 9.17) is 10.5 Å². The van der Waals surface area contributed by atoms with E-state index in [1.54, 1.807) is 23.8 Å². The number of hydrogen-bond donors (Lipinski definition) is 1. The van der Waals surface area contributed by atoms with Gasteiger partial charge in [0.25, 0.3) is 0 Å². The lowest BCUT2D eigenvalue weighted by atomic mass is 10.4. The summed E-state index contributed by atoms with van der Waals surface area (Å²) in [7, 11) is 1.61. The second-order valence-electron chi connectivity index (χ2n) is 2.48. The van der Waals surface area contributed by atoms with Crippen LogP contribution in [0.1, 0.15) is 0 Å². The third-order valence-corrected chi connectivity index (χ3v) is 1.74. The summed E-state index contributed by atoms with van der Waals surface area (Å²) >= 11 is 0. The number of aromatic nitrogens is 2. The van der Waals surface area contributed by atoms with Crippen molar-refractivity contribution in [2.75, 3.05) is 12.8 Å². The van der Waals surface area contributed by atoms with Gasteiger partial charge >= 0.3 is 0 Å². The molecular formula is C8H9N3O. The van der Waals surface area contributed by atoms with Crippen LogP contribution < -0.4 is 10.5 Å². The number of nitrogens with two attached hydrogens (primary N) is 1. The van der Waals surface area contributed by atoms with E-state index in [2.05, 4.69) is 4.98 Å². The maximum Gasteiger partial charge on any atom is 0.141 e. The van der Waals surface area contributed by atoms with E-state index < -0.39 is 0 Å². The first-order chi connectivity index (χ1) is 5.81. The zero-order valence-corrected chi connectivity index (χ0v) is 6.69. The van der Waals surface area contributed by atoms with E-state index in [-0.39, 0.29) is 0 Å². The molecule has 2 heterocycles. The maximum absolute atomic E-state index is 5.72. The third-order valence-electron chi connectivity index (χ3n) is 1.74. The van der Waals surface area contributed by atoms with Gasteiger partial charge in [0.05, 0.1) is 7.11 Å². The van der Waals surface area contributed by atoms with Gasteiger partial charge in [-0.15, -0.1) is 0 Å². The van der Waals surface area contributed by atoms with Gasteiger partial charge in [0.1, 0.15) is 17.2 Å². The van der Waals surface area contributed by atoms with Crippen LogP contribution in [-0.2, 0) is 0 Å². The minimum absolute atomic E-state index is 0.627. The highest BCUT2D eigenvalue weighted by atomic mass is 16.5. The van der Waals surface area contributed by atoms with Crippen LogP contribution in [0.25, 0.3) is 5.65 Å². The first-order valence-corrected chi connectivity index (χ1v) is 3.58. The van der Waals surface area contributed by atoms with Crippen LogP contribution in [0.15, 0.2) is 24.5 Å². The van der Waals surface area contributed by atoms with Crippen molar-refractivity contribution in [3.63, 3.8) is 0 Å². The van der Waals surface area contributed by atoms with Crippen LogP contribution in [0.3, 0.4) is 0 Å². The molecule has 2 rings (SSSR count). The molecule has 0 unspecified atom stereocenters. The number of rotatable bonds is 1.